The lowest BCUT2D eigenvalue weighted by Crippen LogP contribution is -3.00. The Morgan fingerprint density at radius 3 is 1.64 bits per heavy atom. The highest BCUT2D eigenvalue weighted by Gasteiger charge is 2.11. The van der Waals surface area contributed by atoms with Crippen molar-refractivity contribution in [1.82, 2.24) is 0 Å². The van der Waals surface area contributed by atoms with Gasteiger partial charge in [-0.1, -0.05) is 95.1 Å². The lowest BCUT2D eigenvalue weighted by molar-refractivity contribution is -0.884. The Morgan fingerprint density at radius 1 is 0.640 bits per heavy atom. The highest BCUT2D eigenvalue weighted by molar-refractivity contribution is 5.10. The SMILES string of the molecule is C/C=C/C=C/C=C/C[N+](C)(C)CCCCCCCCCCCCC.[I-]. The summed E-state index contributed by atoms with van der Waals surface area (Å²) >= 11 is 0. The number of hydrogen-bond donors (Lipinski definition) is 0. The van der Waals surface area contributed by atoms with Crippen LogP contribution in [-0.4, -0.2) is 31.7 Å². The number of nitrogens with zero attached hydrogens (tertiary/aromatic N) is 1. The van der Waals surface area contributed by atoms with Gasteiger partial charge in [0.25, 0.3) is 0 Å². The monoisotopic (exact) mass is 461 g/mol. The van der Waals surface area contributed by atoms with E-state index in [1.54, 1.807) is 0 Å². The smallest absolute Gasteiger partial charge is 0.0972 e. The van der Waals surface area contributed by atoms with E-state index in [0.717, 1.165) is 11.0 Å². The number of likely N-dealkylation sites (N-methyl/N-ethyl adjacent to an activating group) is 1. The van der Waals surface area contributed by atoms with E-state index >= 15 is 0 Å². The number of hydrogen-bond acceptors (Lipinski definition) is 0. The van der Waals surface area contributed by atoms with Gasteiger partial charge in [0.05, 0.1) is 27.2 Å². The number of quaternary nitrogens is 1. The Bertz CT molecular complexity index is 342. The number of halogens is 1. The third kappa shape index (κ3) is 21.9. The summed E-state index contributed by atoms with van der Waals surface area (Å²) in [5.41, 5.74) is 0. The molecular weight excluding hydrogens is 417 g/mol. The minimum absolute atomic E-state index is 0. The van der Waals surface area contributed by atoms with Gasteiger partial charge in [0.1, 0.15) is 0 Å². The zero-order valence-corrected chi connectivity index (χ0v) is 19.6. The van der Waals surface area contributed by atoms with Crippen LogP contribution < -0.4 is 24.0 Å². The minimum atomic E-state index is 0. The van der Waals surface area contributed by atoms with Crippen LogP contribution in [0.4, 0.5) is 0 Å². The summed E-state index contributed by atoms with van der Waals surface area (Å²) in [6.45, 7) is 6.75. The Hall–Kier alpha value is -0.0900. The quantitative estimate of drug-likeness (QED) is 0.141. The molecule has 0 fully saturated rings. The lowest BCUT2D eigenvalue weighted by atomic mass is 10.1. The van der Waals surface area contributed by atoms with Gasteiger partial charge < -0.3 is 28.5 Å². The molecule has 0 amide bonds. The van der Waals surface area contributed by atoms with Gasteiger partial charge in [-0.05, 0) is 25.8 Å². The molecule has 0 N–H and O–H groups in total. The van der Waals surface area contributed by atoms with Crippen LogP contribution in [0.2, 0.25) is 0 Å². The molecule has 0 atom stereocenters. The van der Waals surface area contributed by atoms with Crippen molar-refractivity contribution in [3.05, 3.63) is 36.5 Å². The third-order valence-corrected chi connectivity index (χ3v) is 4.63. The predicted octanol–water partition coefficient (Wildman–Crippen LogP) is 4.07. The van der Waals surface area contributed by atoms with Crippen LogP contribution >= 0.6 is 0 Å². The summed E-state index contributed by atoms with van der Waals surface area (Å²) in [5.74, 6) is 0. The van der Waals surface area contributed by atoms with E-state index < -0.39 is 0 Å². The van der Waals surface area contributed by atoms with E-state index in [1.807, 2.05) is 6.92 Å². The van der Waals surface area contributed by atoms with E-state index in [-0.39, 0.29) is 24.0 Å². The van der Waals surface area contributed by atoms with Crippen LogP contribution in [0.1, 0.15) is 84.5 Å². The van der Waals surface area contributed by atoms with Crippen LogP contribution in [0, 0.1) is 0 Å². The van der Waals surface area contributed by atoms with Crippen molar-refractivity contribution in [2.45, 2.75) is 84.5 Å². The van der Waals surface area contributed by atoms with Gasteiger partial charge in [-0.2, -0.15) is 0 Å². The van der Waals surface area contributed by atoms with Crippen molar-refractivity contribution in [3.63, 3.8) is 0 Å². The predicted molar refractivity (Wildman–Crippen MR) is 111 cm³/mol. The summed E-state index contributed by atoms with van der Waals surface area (Å²) in [6, 6.07) is 0. The lowest BCUT2D eigenvalue weighted by Gasteiger charge is -2.28. The fraction of sp³-hybridized carbons (Fsp3) is 0.739. The molecule has 0 rings (SSSR count). The molecule has 0 spiro atoms. The molecule has 0 aliphatic carbocycles. The molecule has 0 aromatic rings. The molecule has 0 radical (unpaired) electrons. The first-order valence-electron chi connectivity index (χ1n) is 10.4. The van der Waals surface area contributed by atoms with Gasteiger partial charge in [-0.15, -0.1) is 0 Å². The van der Waals surface area contributed by atoms with Gasteiger partial charge in [0.2, 0.25) is 0 Å². The molecule has 1 nitrogen and oxygen atoms in total. The maximum atomic E-state index is 2.34. The largest absolute Gasteiger partial charge is 1.00 e. The van der Waals surface area contributed by atoms with Crippen LogP contribution in [0.3, 0.4) is 0 Å². The van der Waals surface area contributed by atoms with Crippen molar-refractivity contribution >= 4 is 0 Å². The molecule has 25 heavy (non-hydrogen) atoms. The molecule has 0 bridgehead atoms. The topological polar surface area (TPSA) is 0 Å². The van der Waals surface area contributed by atoms with Crippen molar-refractivity contribution in [3.8, 4) is 0 Å². The van der Waals surface area contributed by atoms with Gasteiger partial charge in [0.15, 0.2) is 0 Å². The maximum Gasteiger partial charge on any atom is 0.0972 e. The van der Waals surface area contributed by atoms with E-state index in [1.165, 1.54) is 77.2 Å². The Kier molecular flexibility index (Phi) is 21.9. The molecule has 0 aliphatic rings. The maximum absolute atomic E-state index is 2.34. The standard InChI is InChI=1S/C23H44N.HI/c1-5-7-9-11-13-14-15-16-17-19-21-23-24(3,4)22-20-18-12-10-8-6-2;/h6,8,10,12,18,20H,5,7,9,11,13-17,19,21-23H2,1-4H3;1H/q+1;/p-1/b8-6+,12-10+,20-18+;. The summed E-state index contributed by atoms with van der Waals surface area (Å²) in [7, 11) is 4.69. The van der Waals surface area contributed by atoms with Gasteiger partial charge in [-0.25, -0.2) is 0 Å². The molecule has 0 aliphatic heterocycles. The van der Waals surface area contributed by atoms with Crippen molar-refractivity contribution in [2.75, 3.05) is 27.2 Å². The zero-order chi connectivity index (χ0) is 17.9. The second-order valence-electron chi connectivity index (χ2n) is 7.72. The molecule has 0 unspecified atom stereocenters. The van der Waals surface area contributed by atoms with E-state index in [2.05, 4.69) is 57.5 Å². The first kappa shape index (κ1) is 27.1. The molecule has 0 heterocycles. The first-order valence-corrected chi connectivity index (χ1v) is 10.4. The van der Waals surface area contributed by atoms with Gasteiger partial charge in [0, 0.05) is 0 Å². The zero-order valence-electron chi connectivity index (χ0n) is 17.5. The number of allylic oxidation sites excluding steroid dienone is 5. The first-order chi connectivity index (χ1) is 11.6. The van der Waals surface area contributed by atoms with Crippen molar-refractivity contribution in [2.24, 2.45) is 0 Å². The summed E-state index contributed by atoms with van der Waals surface area (Å²) in [6.07, 6.45) is 28.5. The Balaban J connectivity index is 0. The van der Waals surface area contributed by atoms with Crippen LogP contribution in [0.5, 0.6) is 0 Å². The molecule has 2 heteroatoms. The van der Waals surface area contributed by atoms with E-state index in [0.29, 0.717) is 0 Å². The Labute approximate surface area is 176 Å². The average molecular weight is 462 g/mol. The van der Waals surface area contributed by atoms with E-state index in [9.17, 15) is 0 Å². The van der Waals surface area contributed by atoms with Crippen LogP contribution in [0.25, 0.3) is 0 Å². The highest BCUT2D eigenvalue weighted by atomic mass is 127. The Morgan fingerprint density at radius 2 is 1.12 bits per heavy atom. The summed E-state index contributed by atoms with van der Waals surface area (Å²) < 4.78 is 1.10. The molecule has 148 valence electrons. The van der Waals surface area contributed by atoms with E-state index in [4.69, 9.17) is 0 Å². The average Bonchev–Trinajstić information content (AvgIpc) is 2.56. The summed E-state index contributed by atoms with van der Waals surface area (Å²) in [5, 5.41) is 0. The second-order valence-corrected chi connectivity index (χ2v) is 7.72. The highest BCUT2D eigenvalue weighted by Crippen LogP contribution is 2.12. The molecule has 0 saturated carbocycles. The van der Waals surface area contributed by atoms with Gasteiger partial charge >= 0.3 is 0 Å². The molecular formula is C23H44IN. The molecule has 0 aromatic carbocycles. The second kappa shape index (κ2) is 20.2. The molecule has 0 saturated heterocycles. The van der Waals surface area contributed by atoms with Crippen molar-refractivity contribution in [1.29, 1.82) is 0 Å². The third-order valence-electron chi connectivity index (χ3n) is 4.63. The summed E-state index contributed by atoms with van der Waals surface area (Å²) in [4.78, 5) is 0. The van der Waals surface area contributed by atoms with Crippen LogP contribution in [0.15, 0.2) is 36.5 Å². The normalized spacial score (nSPS) is 12.5. The number of unbranched alkanes of at least 4 members (excludes halogenated alkanes) is 10. The molecule has 0 aromatic heterocycles. The fourth-order valence-electron chi connectivity index (χ4n) is 2.96. The minimum Gasteiger partial charge on any atom is -1.00 e. The number of rotatable bonds is 16. The van der Waals surface area contributed by atoms with Gasteiger partial charge in [-0.3, -0.25) is 0 Å². The van der Waals surface area contributed by atoms with Crippen molar-refractivity contribution < 1.29 is 28.5 Å². The fourth-order valence-corrected chi connectivity index (χ4v) is 2.96. The van der Waals surface area contributed by atoms with Crippen LogP contribution in [-0.2, 0) is 0 Å².